The fourth-order valence-corrected chi connectivity index (χ4v) is 1.31. The molecule has 0 unspecified atom stereocenters. The van der Waals surface area contributed by atoms with Crippen LogP contribution in [0.15, 0.2) is 30.9 Å². The molecule has 0 spiro atoms. The molecule has 74 valence electrons. The fraction of sp³-hybridized carbons (Fsp3) is 0.167. The standard InChI is InChI=1S/C12H15NO/c1-4-5-10-6-7-12(13-14)11(8-10)9(2)3/h4-8,13-14H,2H2,1,3H3. The van der Waals surface area contributed by atoms with Crippen LogP contribution in [-0.2, 0) is 0 Å². The Bertz CT molecular complexity index is 367. The third-order valence-electron chi connectivity index (χ3n) is 1.98. The monoisotopic (exact) mass is 189 g/mol. The van der Waals surface area contributed by atoms with E-state index in [0.29, 0.717) is 5.69 Å². The maximum absolute atomic E-state index is 8.88. The zero-order valence-electron chi connectivity index (χ0n) is 8.54. The Morgan fingerprint density at radius 2 is 2.21 bits per heavy atom. The summed E-state index contributed by atoms with van der Waals surface area (Å²) in [6.07, 6.45) is 3.98. The molecular formula is C12H15NO. The summed E-state index contributed by atoms with van der Waals surface area (Å²) in [5.74, 6) is 0. The quantitative estimate of drug-likeness (QED) is 0.712. The second-order valence-electron chi connectivity index (χ2n) is 3.20. The van der Waals surface area contributed by atoms with Gasteiger partial charge in [-0.25, -0.2) is 0 Å². The second-order valence-corrected chi connectivity index (χ2v) is 3.20. The van der Waals surface area contributed by atoms with E-state index in [9.17, 15) is 0 Å². The van der Waals surface area contributed by atoms with Crippen LogP contribution in [0.1, 0.15) is 25.0 Å². The Balaban J connectivity index is 3.20. The van der Waals surface area contributed by atoms with Crippen LogP contribution in [0.25, 0.3) is 11.6 Å². The number of allylic oxidation sites excluding steroid dienone is 2. The van der Waals surface area contributed by atoms with Crippen LogP contribution in [0.2, 0.25) is 0 Å². The van der Waals surface area contributed by atoms with Crippen molar-refractivity contribution in [3.05, 3.63) is 42.0 Å². The molecule has 1 rings (SSSR count). The van der Waals surface area contributed by atoms with Crippen molar-refractivity contribution in [3.63, 3.8) is 0 Å². The summed E-state index contributed by atoms with van der Waals surface area (Å²) in [7, 11) is 0. The van der Waals surface area contributed by atoms with Crippen molar-refractivity contribution in [2.45, 2.75) is 13.8 Å². The number of hydrogen-bond acceptors (Lipinski definition) is 2. The van der Waals surface area contributed by atoms with Crippen molar-refractivity contribution in [1.29, 1.82) is 0 Å². The normalized spacial score (nSPS) is 10.5. The Labute approximate surface area is 84.5 Å². The number of anilines is 1. The molecule has 0 fully saturated rings. The van der Waals surface area contributed by atoms with Crippen LogP contribution in [0.5, 0.6) is 0 Å². The molecule has 1 aromatic carbocycles. The first-order valence-electron chi connectivity index (χ1n) is 4.51. The maximum atomic E-state index is 8.88. The Morgan fingerprint density at radius 1 is 1.50 bits per heavy atom. The lowest BCUT2D eigenvalue weighted by atomic mass is 10.0. The highest BCUT2D eigenvalue weighted by Crippen LogP contribution is 2.23. The molecule has 2 nitrogen and oxygen atoms in total. The Kier molecular flexibility index (Phi) is 3.48. The van der Waals surface area contributed by atoms with Gasteiger partial charge in [0.25, 0.3) is 0 Å². The van der Waals surface area contributed by atoms with Crippen LogP contribution < -0.4 is 5.48 Å². The first kappa shape index (κ1) is 10.5. The highest BCUT2D eigenvalue weighted by Gasteiger charge is 2.02. The topological polar surface area (TPSA) is 32.3 Å². The molecule has 0 aliphatic heterocycles. The molecule has 0 radical (unpaired) electrons. The number of rotatable bonds is 3. The van der Waals surface area contributed by atoms with Gasteiger partial charge >= 0.3 is 0 Å². The summed E-state index contributed by atoms with van der Waals surface area (Å²) in [4.78, 5) is 0. The van der Waals surface area contributed by atoms with E-state index < -0.39 is 0 Å². The van der Waals surface area contributed by atoms with E-state index in [-0.39, 0.29) is 0 Å². The molecule has 2 N–H and O–H groups in total. The van der Waals surface area contributed by atoms with Crippen LogP contribution >= 0.6 is 0 Å². The number of hydrogen-bond donors (Lipinski definition) is 2. The maximum Gasteiger partial charge on any atom is 0.0677 e. The van der Waals surface area contributed by atoms with Crippen LogP contribution in [0.3, 0.4) is 0 Å². The fourth-order valence-electron chi connectivity index (χ4n) is 1.31. The van der Waals surface area contributed by atoms with E-state index in [4.69, 9.17) is 5.21 Å². The minimum Gasteiger partial charge on any atom is -0.291 e. The zero-order valence-corrected chi connectivity index (χ0v) is 8.54. The summed E-state index contributed by atoms with van der Waals surface area (Å²) in [5.41, 5.74) is 5.81. The van der Waals surface area contributed by atoms with E-state index in [1.54, 1.807) is 0 Å². The first-order valence-corrected chi connectivity index (χ1v) is 4.51. The van der Waals surface area contributed by atoms with Crippen molar-refractivity contribution in [1.82, 2.24) is 0 Å². The average molecular weight is 189 g/mol. The summed E-state index contributed by atoms with van der Waals surface area (Å²) in [5, 5.41) is 8.88. The van der Waals surface area contributed by atoms with E-state index in [2.05, 4.69) is 12.1 Å². The van der Waals surface area contributed by atoms with Gasteiger partial charge in [0.1, 0.15) is 0 Å². The van der Waals surface area contributed by atoms with Gasteiger partial charge < -0.3 is 0 Å². The van der Waals surface area contributed by atoms with Crippen LogP contribution in [-0.4, -0.2) is 5.21 Å². The van der Waals surface area contributed by atoms with Gasteiger partial charge in [0.05, 0.1) is 5.69 Å². The van der Waals surface area contributed by atoms with Crippen molar-refractivity contribution in [3.8, 4) is 0 Å². The smallest absolute Gasteiger partial charge is 0.0677 e. The van der Waals surface area contributed by atoms with Crippen molar-refractivity contribution in [2.75, 3.05) is 5.48 Å². The zero-order chi connectivity index (χ0) is 10.6. The summed E-state index contributed by atoms with van der Waals surface area (Å²) >= 11 is 0. The molecule has 0 aromatic heterocycles. The number of nitrogens with one attached hydrogen (secondary N) is 1. The Morgan fingerprint density at radius 3 is 2.71 bits per heavy atom. The van der Waals surface area contributed by atoms with E-state index in [1.165, 1.54) is 0 Å². The third kappa shape index (κ3) is 2.24. The molecule has 1 aromatic rings. The minimum absolute atomic E-state index is 0.686. The van der Waals surface area contributed by atoms with Crippen molar-refractivity contribution >= 4 is 17.3 Å². The molecule has 0 saturated heterocycles. The first-order chi connectivity index (χ1) is 6.69. The molecule has 0 atom stereocenters. The van der Waals surface area contributed by atoms with Gasteiger partial charge in [-0.1, -0.05) is 24.8 Å². The molecule has 0 heterocycles. The van der Waals surface area contributed by atoms with Gasteiger partial charge in [-0.2, -0.15) is 0 Å². The van der Waals surface area contributed by atoms with Gasteiger partial charge in [-0.15, -0.1) is 0 Å². The highest BCUT2D eigenvalue weighted by atomic mass is 16.5. The Hall–Kier alpha value is -1.54. The predicted octanol–water partition coefficient (Wildman–Crippen LogP) is 3.55. The molecule has 0 aliphatic carbocycles. The van der Waals surface area contributed by atoms with Crippen molar-refractivity contribution < 1.29 is 5.21 Å². The predicted molar refractivity (Wildman–Crippen MR) is 61.3 cm³/mol. The summed E-state index contributed by atoms with van der Waals surface area (Å²) < 4.78 is 0. The van der Waals surface area contributed by atoms with E-state index in [1.807, 2.05) is 44.2 Å². The lowest BCUT2D eigenvalue weighted by Crippen LogP contribution is -1.94. The van der Waals surface area contributed by atoms with Crippen molar-refractivity contribution in [2.24, 2.45) is 0 Å². The highest BCUT2D eigenvalue weighted by molar-refractivity contribution is 5.75. The van der Waals surface area contributed by atoms with Gasteiger partial charge in [-0.05, 0) is 37.1 Å². The molecule has 2 heteroatoms. The van der Waals surface area contributed by atoms with Gasteiger partial charge in [-0.3, -0.25) is 10.7 Å². The second kappa shape index (κ2) is 4.63. The molecule has 0 saturated carbocycles. The minimum atomic E-state index is 0.686. The van der Waals surface area contributed by atoms with Crippen LogP contribution in [0, 0.1) is 0 Å². The molecular weight excluding hydrogens is 174 g/mol. The molecule has 0 aliphatic rings. The summed E-state index contributed by atoms with van der Waals surface area (Å²) in [6, 6.07) is 5.76. The summed E-state index contributed by atoms with van der Waals surface area (Å²) in [6.45, 7) is 7.74. The molecule has 0 bridgehead atoms. The van der Waals surface area contributed by atoms with Gasteiger partial charge in [0, 0.05) is 5.56 Å². The van der Waals surface area contributed by atoms with Crippen LogP contribution in [0.4, 0.5) is 5.69 Å². The van der Waals surface area contributed by atoms with Gasteiger partial charge in [0.15, 0.2) is 0 Å². The van der Waals surface area contributed by atoms with E-state index in [0.717, 1.165) is 16.7 Å². The largest absolute Gasteiger partial charge is 0.291 e. The third-order valence-corrected chi connectivity index (χ3v) is 1.98. The van der Waals surface area contributed by atoms with E-state index >= 15 is 0 Å². The number of benzene rings is 1. The van der Waals surface area contributed by atoms with Gasteiger partial charge in [0.2, 0.25) is 0 Å². The molecule has 14 heavy (non-hydrogen) atoms. The average Bonchev–Trinajstić information content (AvgIpc) is 2.18. The lowest BCUT2D eigenvalue weighted by molar-refractivity contribution is 0.388. The SMILES string of the molecule is C=C(C)c1cc(C=CC)ccc1NO. The molecule has 0 amide bonds. The lowest BCUT2D eigenvalue weighted by Gasteiger charge is -2.08.